The van der Waals surface area contributed by atoms with Crippen molar-refractivity contribution in [1.82, 2.24) is 9.97 Å². The Morgan fingerprint density at radius 2 is 1.55 bits per heavy atom. The van der Waals surface area contributed by atoms with Gasteiger partial charge in [-0.15, -0.1) is 0 Å². The summed E-state index contributed by atoms with van der Waals surface area (Å²) in [6.45, 7) is 2.37. The van der Waals surface area contributed by atoms with Crippen molar-refractivity contribution in [2.45, 2.75) is 25.7 Å². The lowest BCUT2D eigenvalue weighted by atomic mass is 10.1. The highest BCUT2D eigenvalue weighted by atomic mass is 19.4. The van der Waals surface area contributed by atoms with Crippen LogP contribution in [-0.2, 0) is 12.4 Å². The standard InChI is InChI=1S/C19H15F6N3O/c1-2-5-29-14-3-4-16-15(9-14)17(27-10-26-16)28-13-7-11(18(20,21)22)6-12(8-13)19(23,24)25/h3-4,6-10H,2,5H2,1H3,(H,26,27,28). The molecule has 0 saturated heterocycles. The molecule has 29 heavy (non-hydrogen) atoms. The summed E-state index contributed by atoms with van der Waals surface area (Å²) in [7, 11) is 0. The Balaban J connectivity index is 2.06. The third-order valence-electron chi connectivity index (χ3n) is 3.93. The van der Waals surface area contributed by atoms with Crippen LogP contribution in [0.5, 0.6) is 5.75 Å². The van der Waals surface area contributed by atoms with Crippen LogP contribution in [0.25, 0.3) is 10.9 Å². The van der Waals surface area contributed by atoms with Gasteiger partial charge in [-0.25, -0.2) is 9.97 Å². The topological polar surface area (TPSA) is 47.0 Å². The minimum Gasteiger partial charge on any atom is -0.494 e. The summed E-state index contributed by atoms with van der Waals surface area (Å²) in [6.07, 6.45) is -7.95. The molecule has 4 nitrogen and oxygen atoms in total. The van der Waals surface area contributed by atoms with E-state index in [0.29, 0.717) is 35.4 Å². The van der Waals surface area contributed by atoms with E-state index in [1.807, 2.05) is 6.92 Å². The van der Waals surface area contributed by atoms with Gasteiger partial charge in [0, 0.05) is 11.1 Å². The largest absolute Gasteiger partial charge is 0.494 e. The number of nitrogens with one attached hydrogen (secondary N) is 1. The molecule has 0 spiro atoms. The second-order valence-electron chi connectivity index (χ2n) is 6.17. The fraction of sp³-hybridized carbons (Fsp3) is 0.263. The van der Waals surface area contributed by atoms with E-state index in [4.69, 9.17) is 4.74 Å². The van der Waals surface area contributed by atoms with Crippen LogP contribution < -0.4 is 10.1 Å². The third-order valence-corrected chi connectivity index (χ3v) is 3.93. The number of rotatable bonds is 5. The number of anilines is 2. The SMILES string of the molecule is CCCOc1ccc2ncnc(Nc3cc(C(F)(F)F)cc(C(F)(F)F)c3)c2c1. The molecule has 0 amide bonds. The normalized spacial score (nSPS) is 12.2. The van der Waals surface area contributed by atoms with Crippen molar-refractivity contribution in [1.29, 1.82) is 0 Å². The fourth-order valence-corrected chi connectivity index (χ4v) is 2.61. The highest BCUT2D eigenvalue weighted by Crippen LogP contribution is 2.38. The molecule has 0 atom stereocenters. The molecule has 2 aromatic carbocycles. The second kappa shape index (κ2) is 7.76. The third kappa shape index (κ3) is 4.87. The van der Waals surface area contributed by atoms with E-state index in [2.05, 4.69) is 15.3 Å². The number of aromatic nitrogens is 2. The quantitative estimate of drug-likeness (QED) is 0.504. The number of nitrogens with zero attached hydrogens (tertiary/aromatic N) is 2. The number of benzene rings is 2. The summed E-state index contributed by atoms with van der Waals surface area (Å²) in [6, 6.07) is 6.13. The van der Waals surface area contributed by atoms with Gasteiger partial charge in [-0.1, -0.05) is 6.92 Å². The number of fused-ring (bicyclic) bond motifs is 1. The van der Waals surface area contributed by atoms with Crippen LogP contribution in [0.2, 0.25) is 0 Å². The van der Waals surface area contributed by atoms with Crippen LogP contribution in [0, 0.1) is 0 Å². The first-order valence-electron chi connectivity index (χ1n) is 8.52. The summed E-state index contributed by atoms with van der Waals surface area (Å²) < 4.78 is 83.9. The molecule has 1 N–H and O–H groups in total. The van der Waals surface area contributed by atoms with E-state index in [1.165, 1.54) is 0 Å². The molecule has 0 bridgehead atoms. The molecule has 0 aliphatic carbocycles. The molecule has 0 unspecified atom stereocenters. The first-order valence-corrected chi connectivity index (χ1v) is 8.52. The van der Waals surface area contributed by atoms with Gasteiger partial charge < -0.3 is 10.1 Å². The van der Waals surface area contributed by atoms with Crippen molar-refractivity contribution in [3.8, 4) is 5.75 Å². The van der Waals surface area contributed by atoms with E-state index in [0.717, 1.165) is 12.7 Å². The van der Waals surface area contributed by atoms with Gasteiger partial charge in [0.25, 0.3) is 0 Å². The van der Waals surface area contributed by atoms with Gasteiger partial charge in [0.2, 0.25) is 0 Å². The van der Waals surface area contributed by atoms with Crippen molar-refractivity contribution in [2.24, 2.45) is 0 Å². The van der Waals surface area contributed by atoms with Gasteiger partial charge in [0.15, 0.2) is 0 Å². The minimum absolute atomic E-state index is 0.0596. The molecule has 0 aliphatic heterocycles. The van der Waals surface area contributed by atoms with E-state index in [1.54, 1.807) is 18.2 Å². The van der Waals surface area contributed by atoms with Crippen LogP contribution in [0.1, 0.15) is 24.5 Å². The molecule has 3 aromatic rings. The molecule has 0 aliphatic rings. The van der Waals surface area contributed by atoms with Crippen LogP contribution in [0.15, 0.2) is 42.7 Å². The molecule has 0 radical (unpaired) electrons. The van der Waals surface area contributed by atoms with Gasteiger partial charge in [0.1, 0.15) is 17.9 Å². The van der Waals surface area contributed by atoms with Crippen molar-refractivity contribution in [2.75, 3.05) is 11.9 Å². The average molecular weight is 415 g/mol. The number of alkyl halides is 6. The van der Waals surface area contributed by atoms with Crippen molar-refractivity contribution in [3.05, 3.63) is 53.9 Å². The van der Waals surface area contributed by atoms with Gasteiger partial charge in [-0.2, -0.15) is 26.3 Å². The Bertz CT molecular complexity index is 985. The number of hydrogen-bond donors (Lipinski definition) is 1. The van der Waals surface area contributed by atoms with Crippen LogP contribution in [0.3, 0.4) is 0 Å². The fourth-order valence-electron chi connectivity index (χ4n) is 2.61. The molecule has 0 fully saturated rings. The van der Waals surface area contributed by atoms with Crippen LogP contribution >= 0.6 is 0 Å². The van der Waals surface area contributed by atoms with Gasteiger partial charge in [-0.05, 0) is 42.8 Å². The monoisotopic (exact) mass is 415 g/mol. The van der Waals surface area contributed by atoms with Crippen LogP contribution in [-0.4, -0.2) is 16.6 Å². The Kier molecular flexibility index (Phi) is 5.54. The van der Waals surface area contributed by atoms with Gasteiger partial charge in [0.05, 0.1) is 23.3 Å². The molecule has 1 aromatic heterocycles. The summed E-state index contributed by atoms with van der Waals surface area (Å²) in [4.78, 5) is 8.02. The predicted octanol–water partition coefficient (Wildman–Crippen LogP) is 6.20. The highest BCUT2D eigenvalue weighted by molar-refractivity contribution is 5.91. The highest BCUT2D eigenvalue weighted by Gasteiger charge is 2.37. The van der Waals surface area contributed by atoms with Crippen molar-refractivity contribution >= 4 is 22.4 Å². The van der Waals surface area contributed by atoms with E-state index in [-0.39, 0.29) is 11.9 Å². The zero-order valence-electron chi connectivity index (χ0n) is 15.0. The lowest BCUT2D eigenvalue weighted by molar-refractivity contribution is -0.143. The van der Waals surface area contributed by atoms with Gasteiger partial charge >= 0.3 is 12.4 Å². The minimum atomic E-state index is -4.94. The average Bonchev–Trinajstić information content (AvgIpc) is 2.65. The Morgan fingerprint density at radius 1 is 0.897 bits per heavy atom. The van der Waals surface area contributed by atoms with E-state index in [9.17, 15) is 26.3 Å². The summed E-state index contributed by atoms with van der Waals surface area (Å²) in [5.74, 6) is 0.543. The number of ether oxygens (including phenoxy) is 1. The smallest absolute Gasteiger partial charge is 0.416 e. The van der Waals surface area contributed by atoms with E-state index < -0.39 is 29.2 Å². The van der Waals surface area contributed by atoms with E-state index >= 15 is 0 Å². The molecule has 1 heterocycles. The summed E-state index contributed by atoms with van der Waals surface area (Å²) >= 11 is 0. The Morgan fingerprint density at radius 3 is 2.14 bits per heavy atom. The van der Waals surface area contributed by atoms with Crippen molar-refractivity contribution in [3.63, 3.8) is 0 Å². The maximum Gasteiger partial charge on any atom is 0.416 e. The number of halogens is 6. The zero-order valence-corrected chi connectivity index (χ0v) is 15.0. The molecular formula is C19H15F6N3O. The Hall–Kier alpha value is -3.04. The first-order chi connectivity index (χ1) is 13.6. The lowest BCUT2D eigenvalue weighted by Gasteiger charge is -2.15. The van der Waals surface area contributed by atoms with Gasteiger partial charge in [-0.3, -0.25) is 0 Å². The van der Waals surface area contributed by atoms with Crippen LogP contribution in [0.4, 0.5) is 37.8 Å². The Labute approximate surface area is 161 Å². The molecule has 3 rings (SSSR count). The molecule has 0 saturated carbocycles. The maximum atomic E-state index is 13.1. The molecule has 10 heteroatoms. The lowest BCUT2D eigenvalue weighted by Crippen LogP contribution is -2.11. The predicted molar refractivity (Wildman–Crippen MR) is 95.1 cm³/mol. The molecule has 154 valence electrons. The zero-order chi connectivity index (χ0) is 21.2. The molecular weight excluding hydrogens is 400 g/mol. The summed E-state index contributed by atoms with van der Waals surface area (Å²) in [5.41, 5.74) is -2.78. The first kappa shape index (κ1) is 20.7. The second-order valence-corrected chi connectivity index (χ2v) is 6.17. The maximum absolute atomic E-state index is 13.1. The number of hydrogen-bond acceptors (Lipinski definition) is 4. The summed E-state index contributed by atoms with van der Waals surface area (Å²) in [5, 5.41) is 2.94. The van der Waals surface area contributed by atoms with Crippen molar-refractivity contribution < 1.29 is 31.1 Å².